The van der Waals surface area contributed by atoms with Crippen molar-refractivity contribution in [1.29, 1.82) is 0 Å². The van der Waals surface area contributed by atoms with E-state index in [4.69, 9.17) is 9.47 Å². The fourth-order valence-electron chi connectivity index (χ4n) is 4.97. The maximum absolute atomic E-state index is 12.8. The van der Waals surface area contributed by atoms with Crippen molar-refractivity contribution in [2.45, 2.75) is 115 Å². The number of ether oxygens (including phenoxy) is 2. The van der Waals surface area contributed by atoms with Gasteiger partial charge in [-0.25, -0.2) is 8.78 Å². The summed E-state index contributed by atoms with van der Waals surface area (Å²) in [5.41, 5.74) is 5.74. The van der Waals surface area contributed by atoms with Crippen molar-refractivity contribution in [3.8, 4) is 5.75 Å². The Morgan fingerprint density at radius 2 is 1.21 bits per heavy atom. The van der Waals surface area contributed by atoms with Gasteiger partial charge in [-0.15, -0.1) is 0 Å². The zero-order valence-electron chi connectivity index (χ0n) is 37.0. The molecule has 0 aliphatic carbocycles. The van der Waals surface area contributed by atoms with Crippen LogP contribution in [-0.2, 0) is 17.6 Å². The van der Waals surface area contributed by atoms with Crippen molar-refractivity contribution in [2.75, 3.05) is 32.1 Å². The second kappa shape index (κ2) is 23.7. The predicted molar refractivity (Wildman–Crippen MR) is 234 cm³/mol. The van der Waals surface area contributed by atoms with Gasteiger partial charge in [0.2, 0.25) is 0 Å². The lowest BCUT2D eigenvalue weighted by Crippen LogP contribution is -2.32. The van der Waals surface area contributed by atoms with Crippen LogP contribution in [0.15, 0.2) is 97.1 Å². The number of hydrogen-bond acceptors (Lipinski definition) is 4. The Kier molecular flexibility index (Phi) is 21.1. The maximum atomic E-state index is 12.8. The van der Waals surface area contributed by atoms with Crippen LogP contribution < -0.4 is 15.4 Å². The lowest BCUT2D eigenvalue weighted by molar-refractivity contribution is -0.000983. The van der Waals surface area contributed by atoms with E-state index in [1.807, 2.05) is 63.2 Å². The lowest BCUT2D eigenvalue weighted by Gasteiger charge is -2.19. The van der Waals surface area contributed by atoms with Gasteiger partial charge in [0.1, 0.15) is 17.4 Å². The molecule has 0 fully saturated rings. The molecule has 0 radical (unpaired) electrons. The van der Waals surface area contributed by atoms with Crippen LogP contribution in [0.2, 0.25) is 0 Å². The number of halogens is 2. The van der Waals surface area contributed by atoms with Gasteiger partial charge < -0.3 is 20.1 Å². The highest BCUT2D eigenvalue weighted by atomic mass is 19.1. The molecule has 0 unspecified atom stereocenters. The highest BCUT2D eigenvalue weighted by Crippen LogP contribution is 2.24. The zero-order valence-corrected chi connectivity index (χ0v) is 37.0. The van der Waals surface area contributed by atoms with Crippen molar-refractivity contribution in [2.24, 2.45) is 16.2 Å². The molecule has 56 heavy (non-hydrogen) atoms. The summed E-state index contributed by atoms with van der Waals surface area (Å²) in [7, 11) is 1.70. The van der Waals surface area contributed by atoms with Crippen LogP contribution in [0.1, 0.15) is 117 Å². The molecule has 4 aromatic rings. The van der Waals surface area contributed by atoms with Gasteiger partial charge in [-0.1, -0.05) is 117 Å². The van der Waals surface area contributed by atoms with E-state index < -0.39 is 11.6 Å². The van der Waals surface area contributed by atoms with Gasteiger partial charge in [0.05, 0.1) is 19.3 Å². The Bertz CT molecular complexity index is 1660. The van der Waals surface area contributed by atoms with Crippen LogP contribution in [0.4, 0.5) is 14.5 Å². The standard InChI is InChI=1S/C14H23NO.C12H17NO.C12H18O.C11H14F2/c1-11-6-7-12(16-5)10-13(11)15-9-8-14(2,3)4;1-12(2,3)9-13-11(14)10-7-5-4-6-8-10;1-12(2,3)13-10-9-11-7-5-4-6-8-11;1-11(2,3)7-8-4-9(12)6-10(13)5-8/h6-7,10,15H,8-9H2,1-5H3;4-8H,9H2,1-3H3,(H,13,14);4-8H,9-10H2,1-3H3;4-6H,7H2,1-3H3. The second-order valence-electron chi connectivity index (χ2n) is 18.7. The van der Waals surface area contributed by atoms with Gasteiger partial charge in [-0.3, -0.25) is 4.79 Å². The fourth-order valence-corrected chi connectivity index (χ4v) is 4.97. The van der Waals surface area contributed by atoms with Gasteiger partial charge >= 0.3 is 0 Å². The van der Waals surface area contributed by atoms with E-state index in [-0.39, 0.29) is 22.3 Å². The molecule has 0 atom stereocenters. The van der Waals surface area contributed by atoms with E-state index in [1.165, 1.54) is 28.9 Å². The van der Waals surface area contributed by atoms with Crippen LogP contribution in [-0.4, -0.2) is 38.3 Å². The highest BCUT2D eigenvalue weighted by molar-refractivity contribution is 5.94. The predicted octanol–water partition coefficient (Wildman–Crippen LogP) is 12.9. The molecule has 7 heteroatoms. The number of aryl methyl sites for hydroxylation is 1. The van der Waals surface area contributed by atoms with Gasteiger partial charge in [-0.2, -0.15) is 0 Å². The van der Waals surface area contributed by atoms with Crippen molar-refractivity contribution in [3.63, 3.8) is 0 Å². The molecule has 1 amide bonds. The molecule has 0 heterocycles. The summed E-state index contributed by atoms with van der Waals surface area (Å²) in [4.78, 5) is 11.6. The molecule has 5 nitrogen and oxygen atoms in total. The van der Waals surface area contributed by atoms with E-state index in [1.54, 1.807) is 7.11 Å². The Morgan fingerprint density at radius 3 is 1.70 bits per heavy atom. The first-order chi connectivity index (χ1) is 25.9. The van der Waals surface area contributed by atoms with Gasteiger partial charge in [0.15, 0.2) is 0 Å². The van der Waals surface area contributed by atoms with Crippen molar-refractivity contribution >= 4 is 11.6 Å². The first-order valence-electron chi connectivity index (χ1n) is 19.7. The summed E-state index contributed by atoms with van der Waals surface area (Å²) in [6.07, 6.45) is 2.84. The number of hydrogen-bond donors (Lipinski definition) is 2. The molecule has 0 aliphatic heterocycles. The van der Waals surface area contributed by atoms with Crippen LogP contribution >= 0.6 is 0 Å². The van der Waals surface area contributed by atoms with Gasteiger partial charge in [0.25, 0.3) is 5.91 Å². The summed E-state index contributed by atoms with van der Waals surface area (Å²) in [5.74, 6) is -0.0946. The quantitative estimate of drug-likeness (QED) is 0.168. The third-order valence-electron chi connectivity index (χ3n) is 7.88. The Hall–Kier alpha value is -4.23. The highest BCUT2D eigenvalue weighted by Gasteiger charge is 2.14. The Morgan fingerprint density at radius 1 is 0.661 bits per heavy atom. The molecule has 0 saturated heterocycles. The molecule has 310 valence electrons. The maximum Gasteiger partial charge on any atom is 0.251 e. The molecule has 0 saturated carbocycles. The number of nitrogens with one attached hydrogen (secondary N) is 2. The number of rotatable bonds is 10. The molecule has 4 aromatic carbocycles. The summed E-state index contributed by atoms with van der Waals surface area (Å²) < 4.78 is 36.4. The molecular weight excluding hydrogens is 703 g/mol. The van der Waals surface area contributed by atoms with E-state index in [2.05, 4.69) is 116 Å². The second-order valence-corrected chi connectivity index (χ2v) is 18.7. The number of amides is 1. The first-order valence-corrected chi connectivity index (χ1v) is 19.7. The van der Waals surface area contributed by atoms with Crippen LogP contribution in [0, 0.1) is 34.8 Å². The number of carbonyl (C=O) groups is 1. The molecule has 0 aromatic heterocycles. The van der Waals surface area contributed by atoms with Crippen molar-refractivity contribution in [3.05, 3.63) is 131 Å². The SMILES string of the molecule is CC(C)(C)CNC(=O)c1ccccc1.CC(C)(C)Cc1cc(F)cc(F)c1.CC(C)(C)OCCc1ccccc1.COc1ccc(C)c(NCCC(C)(C)C)c1. The smallest absolute Gasteiger partial charge is 0.251 e. The van der Waals surface area contributed by atoms with Gasteiger partial charge in [-0.05, 0) is 110 Å². The molecule has 4 rings (SSSR count). The average molecular weight is 775 g/mol. The van der Waals surface area contributed by atoms with E-state index in [9.17, 15) is 13.6 Å². The van der Waals surface area contributed by atoms with E-state index in [0.29, 0.717) is 23.9 Å². The summed E-state index contributed by atoms with van der Waals surface area (Å²) >= 11 is 0. The Balaban J connectivity index is 0.000000375. The zero-order chi connectivity index (χ0) is 42.6. The third kappa shape index (κ3) is 25.8. The van der Waals surface area contributed by atoms with Crippen LogP contribution in [0.25, 0.3) is 0 Å². The minimum atomic E-state index is -0.501. The third-order valence-corrected chi connectivity index (χ3v) is 7.88. The minimum Gasteiger partial charge on any atom is -0.497 e. The van der Waals surface area contributed by atoms with Gasteiger partial charge in [0, 0.05) is 36.5 Å². The lowest BCUT2D eigenvalue weighted by atomic mass is 9.88. The average Bonchev–Trinajstić information content (AvgIpc) is 3.07. The normalized spacial score (nSPS) is 11.4. The van der Waals surface area contributed by atoms with Crippen molar-refractivity contribution < 1.29 is 23.0 Å². The minimum absolute atomic E-state index is 0.000486. The van der Waals surface area contributed by atoms with Crippen LogP contribution in [0.3, 0.4) is 0 Å². The molecule has 0 spiro atoms. The molecule has 0 bridgehead atoms. The number of anilines is 1. The monoisotopic (exact) mass is 775 g/mol. The number of carbonyl (C=O) groups excluding carboxylic acids is 1. The van der Waals surface area contributed by atoms with E-state index in [0.717, 1.165) is 43.4 Å². The molecular formula is C49H72F2N2O3. The number of benzene rings is 4. The summed E-state index contributed by atoms with van der Waals surface area (Å²) in [6.45, 7) is 30.0. The first kappa shape index (κ1) is 49.8. The fraction of sp³-hybridized carbons (Fsp3) is 0.490. The summed E-state index contributed by atoms with van der Waals surface area (Å²) in [5, 5.41) is 6.36. The molecule has 2 N–H and O–H groups in total. The van der Waals surface area contributed by atoms with Crippen molar-refractivity contribution in [1.82, 2.24) is 5.32 Å². The topological polar surface area (TPSA) is 59.6 Å². The van der Waals surface area contributed by atoms with Crippen LogP contribution in [0.5, 0.6) is 5.75 Å². The Labute approximate surface area is 339 Å². The molecule has 0 aliphatic rings. The largest absolute Gasteiger partial charge is 0.497 e. The summed E-state index contributed by atoms with van der Waals surface area (Å²) in [6, 6.07) is 29.5. The number of methoxy groups -OCH3 is 1. The van der Waals surface area contributed by atoms with E-state index >= 15 is 0 Å².